The number of anilines is 4. The zero-order chi connectivity index (χ0) is 42.8. The second-order valence-electron chi connectivity index (χ2n) is 15.2. The Balaban J connectivity index is 0.00000315. The Hall–Kier alpha value is -5.78. The van der Waals surface area contributed by atoms with Gasteiger partial charge in [0.05, 0.1) is 16.6 Å². The number of carbonyl (C=O) groups is 2. The van der Waals surface area contributed by atoms with Gasteiger partial charge in [-0.25, -0.2) is 13.4 Å². The third kappa shape index (κ3) is 8.85. The van der Waals surface area contributed by atoms with E-state index in [1.54, 1.807) is 12.1 Å². The van der Waals surface area contributed by atoms with Crippen LogP contribution in [0.3, 0.4) is 0 Å². The molecule has 58 heavy (non-hydrogen) atoms. The van der Waals surface area contributed by atoms with Crippen molar-refractivity contribution in [2.45, 2.75) is 88.0 Å². The molecular weight excluding hydrogens is 749 g/mol. The van der Waals surface area contributed by atoms with Gasteiger partial charge in [0.2, 0.25) is 22.9 Å². The predicted molar refractivity (Wildman–Crippen MR) is 233 cm³/mol. The number of carbonyl (C=O) groups excluding carboxylic acids is 2. The first-order valence-electron chi connectivity index (χ1n) is 19.6. The zero-order valence-corrected chi connectivity index (χ0v) is 36.3. The normalized spacial score (nSPS) is 11.9. The van der Waals surface area contributed by atoms with Gasteiger partial charge >= 0.3 is 0 Å². The van der Waals surface area contributed by atoms with E-state index in [1.165, 1.54) is 12.1 Å². The van der Waals surface area contributed by atoms with Crippen molar-refractivity contribution in [2.24, 2.45) is 11.8 Å². The van der Waals surface area contributed by atoms with E-state index in [4.69, 9.17) is 4.42 Å². The summed E-state index contributed by atoms with van der Waals surface area (Å²) in [6, 6.07) is 21.4. The summed E-state index contributed by atoms with van der Waals surface area (Å²) in [4.78, 5) is 28.6. The van der Waals surface area contributed by atoms with Crippen molar-refractivity contribution in [3.63, 3.8) is 0 Å². The first-order chi connectivity index (χ1) is 27.3. The average Bonchev–Trinajstić information content (AvgIpc) is 3.17. The van der Waals surface area contributed by atoms with Crippen LogP contribution >= 0.6 is 0 Å². The van der Waals surface area contributed by atoms with E-state index in [0.717, 1.165) is 56.1 Å². The smallest absolute Gasteiger partial charge is 0.226 e. The van der Waals surface area contributed by atoms with Crippen LogP contribution < -0.4 is 26.3 Å². The molecule has 10 nitrogen and oxygen atoms in total. The molecule has 0 saturated carbocycles. The van der Waals surface area contributed by atoms with Crippen LogP contribution in [0.15, 0.2) is 82.1 Å². The molecule has 0 saturated heterocycles. The summed E-state index contributed by atoms with van der Waals surface area (Å²) in [5, 5.41) is 11.0. The summed E-state index contributed by atoms with van der Waals surface area (Å²) in [5.41, 5.74) is 11.4. The third-order valence-electron chi connectivity index (χ3n) is 10.2. The molecule has 4 aromatic carbocycles. The summed E-state index contributed by atoms with van der Waals surface area (Å²) in [7, 11) is -4.84. The summed E-state index contributed by atoms with van der Waals surface area (Å²) in [6.45, 7) is 23.3. The van der Waals surface area contributed by atoms with Gasteiger partial charge in [-0.1, -0.05) is 65.8 Å². The van der Waals surface area contributed by atoms with Crippen LogP contribution in [-0.4, -0.2) is 24.8 Å². The van der Waals surface area contributed by atoms with Crippen molar-refractivity contribution >= 4 is 61.3 Å². The van der Waals surface area contributed by atoms with Crippen LogP contribution in [0.5, 0.6) is 0 Å². The van der Waals surface area contributed by atoms with Gasteiger partial charge in [-0.3, -0.25) is 9.59 Å². The number of benzene rings is 5. The van der Waals surface area contributed by atoms with Crippen molar-refractivity contribution in [1.29, 1.82) is 0 Å². The molecular formula is C47H54N4O6S. The maximum Gasteiger partial charge on any atom is 0.226 e. The Morgan fingerprint density at radius 2 is 1.24 bits per heavy atom. The summed E-state index contributed by atoms with van der Waals surface area (Å²) < 4.78 is 44.4. The van der Waals surface area contributed by atoms with E-state index in [2.05, 4.69) is 20.9 Å². The van der Waals surface area contributed by atoms with Gasteiger partial charge in [0, 0.05) is 74.2 Å². The van der Waals surface area contributed by atoms with E-state index in [-0.39, 0.29) is 34.1 Å². The SMILES string of the molecule is CC.Cc1cc(C)c(Nc2ccc3c(-c4ccccc4S(=O)(=O)[O-])c4ccc(=[NH+]c5c(C)cc(C)c(NC(=O)C(C)C)c5C)cc-4oc3c2)c(C)c1NC(=O)C(C)C. The monoisotopic (exact) mass is 802 g/mol. The summed E-state index contributed by atoms with van der Waals surface area (Å²) in [5.74, 6) is -0.0694. The Kier molecular flexibility index (Phi) is 13.0. The van der Waals surface area contributed by atoms with Crippen LogP contribution in [0.1, 0.15) is 74.9 Å². The second kappa shape index (κ2) is 17.4. The van der Waals surface area contributed by atoms with Gasteiger partial charge in [0.1, 0.15) is 21.5 Å². The van der Waals surface area contributed by atoms with Gasteiger partial charge in [-0.15, -0.1) is 0 Å². The van der Waals surface area contributed by atoms with Crippen molar-refractivity contribution in [2.75, 3.05) is 16.0 Å². The highest BCUT2D eigenvalue weighted by molar-refractivity contribution is 7.85. The van der Waals surface area contributed by atoms with Crippen LogP contribution in [0.2, 0.25) is 0 Å². The molecule has 4 N–H and O–H groups in total. The number of nitrogens with one attached hydrogen (secondary N) is 4. The largest absolute Gasteiger partial charge is 0.744 e. The highest BCUT2D eigenvalue weighted by Crippen LogP contribution is 2.43. The highest BCUT2D eigenvalue weighted by atomic mass is 32.2. The fourth-order valence-electron chi connectivity index (χ4n) is 7.19. The number of fused-ring (bicyclic) bond motifs is 2. The topological polar surface area (TPSA) is 155 Å². The molecule has 1 heterocycles. The molecule has 0 aromatic heterocycles. The van der Waals surface area contributed by atoms with E-state index in [0.29, 0.717) is 38.9 Å². The molecule has 0 spiro atoms. The van der Waals surface area contributed by atoms with E-state index in [1.807, 2.05) is 132 Å². The molecule has 2 amide bonds. The lowest BCUT2D eigenvalue weighted by molar-refractivity contribution is -0.403. The number of hydrogen-bond acceptors (Lipinski definition) is 7. The highest BCUT2D eigenvalue weighted by Gasteiger charge is 2.24. The fraction of sp³-hybridized carbons (Fsp3) is 0.298. The van der Waals surface area contributed by atoms with Crippen molar-refractivity contribution < 1.29 is 32.0 Å². The molecule has 0 atom stereocenters. The van der Waals surface area contributed by atoms with Gasteiger partial charge in [-0.2, -0.15) is 0 Å². The predicted octanol–water partition coefficient (Wildman–Crippen LogP) is 9.23. The summed E-state index contributed by atoms with van der Waals surface area (Å²) in [6.07, 6.45) is 0. The zero-order valence-electron chi connectivity index (χ0n) is 35.4. The lowest BCUT2D eigenvalue weighted by atomic mass is 9.93. The molecule has 2 aliphatic rings. The maximum atomic E-state index is 12.7. The molecule has 4 aromatic rings. The van der Waals surface area contributed by atoms with Gasteiger partial charge in [-0.05, 0) is 94.1 Å². The van der Waals surface area contributed by atoms with Crippen LogP contribution in [0.25, 0.3) is 33.4 Å². The molecule has 1 aliphatic heterocycles. The van der Waals surface area contributed by atoms with Crippen LogP contribution in [-0.2, 0) is 19.7 Å². The second-order valence-corrected chi connectivity index (χ2v) is 16.5. The van der Waals surface area contributed by atoms with Crippen LogP contribution in [0.4, 0.5) is 28.4 Å². The van der Waals surface area contributed by atoms with Gasteiger partial charge in [0.25, 0.3) is 0 Å². The molecule has 0 radical (unpaired) electrons. The fourth-order valence-corrected chi connectivity index (χ4v) is 7.88. The molecule has 6 rings (SSSR count). The van der Waals surface area contributed by atoms with E-state index in [9.17, 15) is 22.6 Å². The molecule has 1 aliphatic carbocycles. The third-order valence-corrected chi connectivity index (χ3v) is 11.1. The van der Waals surface area contributed by atoms with Crippen molar-refractivity contribution in [1.82, 2.24) is 0 Å². The minimum atomic E-state index is -4.84. The van der Waals surface area contributed by atoms with Gasteiger partial charge < -0.3 is 24.9 Å². The Bertz CT molecular complexity index is 2710. The standard InChI is InChI=1S/C45H48N4O6S.C2H6/c1-23(2)44(50)48-42-27(7)19-25(5)40(29(42)9)46-31-15-17-33-36(21-31)55-37-22-32(16-18-34(37)39(33)35-13-11-12-14-38(35)56(52,53)54)47-41-26(6)20-28(8)43(30(41)10)49-45(51)24(3)4;1-2/h11-24,46H,1-10H3,(H,48,50)(H,49,51)(H,52,53,54);1-2H3. The summed E-state index contributed by atoms with van der Waals surface area (Å²) >= 11 is 0. The molecule has 11 heteroatoms. The first kappa shape index (κ1) is 43.3. The van der Waals surface area contributed by atoms with Crippen molar-refractivity contribution in [3.8, 4) is 22.5 Å². The minimum absolute atomic E-state index is 0.0739. The Morgan fingerprint density at radius 1 is 0.672 bits per heavy atom. The maximum absolute atomic E-state index is 12.7. The molecule has 304 valence electrons. The molecule has 0 unspecified atom stereocenters. The molecule has 0 bridgehead atoms. The number of amides is 2. The van der Waals surface area contributed by atoms with Crippen molar-refractivity contribution in [3.05, 3.63) is 112 Å². The van der Waals surface area contributed by atoms with Gasteiger partial charge in [0.15, 0.2) is 0 Å². The number of rotatable bonds is 9. The Labute approximate surface area is 341 Å². The molecule has 0 fully saturated rings. The first-order valence-corrected chi connectivity index (χ1v) is 21.0. The lowest BCUT2D eigenvalue weighted by Gasteiger charge is -2.21. The Morgan fingerprint density at radius 3 is 1.84 bits per heavy atom. The quantitative estimate of drug-likeness (QED) is 0.0840. The minimum Gasteiger partial charge on any atom is -0.744 e. The van der Waals surface area contributed by atoms with E-state index < -0.39 is 10.1 Å². The van der Waals surface area contributed by atoms with E-state index >= 15 is 0 Å². The average molecular weight is 803 g/mol. The number of hydrogen-bond donors (Lipinski definition) is 4. The van der Waals surface area contributed by atoms with Crippen LogP contribution in [0, 0.1) is 53.4 Å². The number of aryl methyl sites for hydroxylation is 4. The lowest BCUT2D eigenvalue weighted by Crippen LogP contribution is -2.71.